The minimum absolute atomic E-state index is 0.147. The molecule has 0 bridgehead atoms. The van der Waals surface area contributed by atoms with Crippen LogP contribution in [-0.4, -0.2) is 57.0 Å². The van der Waals surface area contributed by atoms with Crippen LogP contribution in [0, 0.1) is 0 Å². The summed E-state index contributed by atoms with van der Waals surface area (Å²) < 4.78 is 11.1. The fourth-order valence-corrected chi connectivity index (χ4v) is 3.11. The summed E-state index contributed by atoms with van der Waals surface area (Å²) in [6, 6.07) is 18.5. The lowest BCUT2D eigenvalue weighted by molar-refractivity contribution is -0.250. The van der Waals surface area contributed by atoms with Gasteiger partial charge in [-0.15, -0.1) is 0 Å². The van der Waals surface area contributed by atoms with Gasteiger partial charge in [0.05, 0.1) is 13.2 Å². The van der Waals surface area contributed by atoms with Crippen molar-refractivity contribution in [1.29, 1.82) is 0 Å². The van der Waals surface area contributed by atoms with Crippen molar-refractivity contribution in [2.75, 3.05) is 0 Å². The maximum atomic E-state index is 10.3. The van der Waals surface area contributed by atoms with Crippen molar-refractivity contribution in [1.82, 2.24) is 0 Å². The number of hydrogen-bond donors (Lipinski definition) is 4. The van der Waals surface area contributed by atoms with Gasteiger partial charge in [0.1, 0.15) is 36.6 Å². The second kappa shape index (κ2) is 8.73. The van der Waals surface area contributed by atoms with Crippen LogP contribution in [0.4, 0.5) is 0 Å². The smallest absolute Gasteiger partial charge is 0.115 e. The topological polar surface area (TPSA) is 99.4 Å². The van der Waals surface area contributed by atoms with E-state index >= 15 is 0 Å². The van der Waals surface area contributed by atoms with Crippen molar-refractivity contribution in [2.24, 2.45) is 0 Å². The molecule has 4 N–H and O–H groups in total. The van der Waals surface area contributed by atoms with Crippen LogP contribution in [0.2, 0.25) is 0 Å². The Kier molecular flexibility index (Phi) is 6.37. The lowest BCUT2D eigenvalue weighted by atomic mass is 9.84. The average molecular weight is 360 g/mol. The van der Waals surface area contributed by atoms with Crippen molar-refractivity contribution >= 4 is 0 Å². The third-order valence-electron chi connectivity index (χ3n) is 4.62. The molecule has 0 aromatic heterocycles. The summed E-state index contributed by atoms with van der Waals surface area (Å²) in [6.07, 6.45) is -7.74. The Bertz CT molecular complexity index is 589. The molecule has 2 unspecified atom stereocenters. The highest BCUT2D eigenvalue weighted by molar-refractivity contribution is 5.15. The van der Waals surface area contributed by atoms with E-state index in [1.54, 1.807) is 0 Å². The molecule has 26 heavy (non-hydrogen) atoms. The maximum Gasteiger partial charge on any atom is 0.115 e. The maximum absolute atomic E-state index is 10.3. The molecule has 2 aromatic carbocycles. The molecule has 0 saturated heterocycles. The summed E-state index contributed by atoms with van der Waals surface area (Å²) in [5, 5.41) is 41.4. The molecule has 1 aliphatic rings. The van der Waals surface area contributed by atoms with E-state index in [1.807, 2.05) is 60.7 Å². The standard InChI is InChI=1S/C20H24O6/c21-15-17(23)20(26-12-14-9-5-2-6-10-14)18(24)16(22)19(15)25-11-13-7-3-1-4-8-13/h1-10,15-24H,11-12H2/t15-,16+,17-,18+,19?,20?. The normalized spacial score (nSPS) is 31.7. The molecular formula is C20H24O6. The van der Waals surface area contributed by atoms with E-state index in [1.165, 1.54) is 0 Å². The zero-order valence-corrected chi connectivity index (χ0v) is 14.3. The third-order valence-corrected chi connectivity index (χ3v) is 4.62. The largest absolute Gasteiger partial charge is 0.387 e. The molecule has 1 saturated carbocycles. The van der Waals surface area contributed by atoms with E-state index in [-0.39, 0.29) is 13.2 Å². The van der Waals surface area contributed by atoms with Gasteiger partial charge in [0.25, 0.3) is 0 Å². The van der Waals surface area contributed by atoms with Gasteiger partial charge in [0, 0.05) is 0 Å². The summed E-state index contributed by atoms with van der Waals surface area (Å²) in [7, 11) is 0. The minimum atomic E-state index is -1.38. The van der Waals surface area contributed by atoms with Gasteiger partial charge in [-0.25, -0.2) is 0 Å². The molecule has 140 valence electrons. The predicted octanol–water partition coefficient (Wildman–Crippen LogP) is 0.614. The molecule has 2 aromatic rings. The van der Waals surface area contributed by atoms with Gasteiger partial charge in [0.15, 0.2) is 0 Å². The molecule has 0 heterocycles. The van der Waals surface area contributed by atoms with E-state index in [0.717, 1.165) is 11.1 Å². The molecule has 6 atom stereocenters. The van der Waals surface area contributed by atoms with Gasteiger partial charge < -0.3 is 29.9 Å². The molecule has 0 amide bonds. The first-order chi connectivity index (χ1) is 12.6. The molecule has 3 rings (SSSR count). The molecular weight excluding hydrogens is 336 g/mol. The van der Waals surface area contributed by atoms with E-state index in [2.05, 4.69) is 0 Å². The van der Waals surface area contributed by atoms with Crippen molar-refractivity contribution in [3.05, 3.63) is 71.8 Å². The highest BCUT2D eigenvalue weighted by atomic mass is 16.5. The van der Waals surface area contributed by atoms with Crippen LogP contribution in [-0.2, 0) is 22.7 Å². The molecule has 0 aliphatic heterocycles. The first-order valence-electron chi connectivity index (χ1n) is 8.61. The lowest BCUT2D eigenvalue weighted by Crippen LogP contribution is -2.64. The van der Waals surface area contributed by atoms with E-state index in [9.17, 15) is 20.4 Å². The van der Waals surface area contributed by atoms with Crippen molar-refractivity contribution < 1.29 is 29.9 Å². The SMILES string of the molecule is O[C@@H]1C(OCc2ccccc2)[C@H](O)[C@@H](O)C(OCc2ccccc2)[C@H]1O. The third kappa shape index (κ3) is 4.29. The van der Waals surface area contributed by atoms with Crippen molar-refractivity contribution in [3.63, 3.8) is 0 Å². The first kappa shape index (κ1) is 19.0. The Balaban J connectivity index is 1.62. The number of aliphatic hydroxyl groups excluding tert-OH is 4. The summed E-state index contributed by atoms with van der Waals surface area (Å²) in [5.41, 5.74) is 1.72. The quantitative estimate of drug-likeness (QED) is 0.603. The second-order valence-electron chi connectivity index (χ2n) is 6.48. The summed E-state index contributed by atoms with van der Waals surface area (Å²) in [5.74, 6) is 0. The molecule has 6 nitrogen and oxygen atoms in total. The zero-order chi connectivity index (χ0) is 18.5. The van der Waals surface area contributed by atoms with E-state index in [0.29, 0.717) is 0 Å². The molecule has 1 fully saturated rings. The Morgan fingerprint density at radius 1 is 0.538 bits per heavy atom. The molecule has 0 spiro atoms. The Morgan fingerprint density at radius 2 is 0.846 bits per heavy atom. The Morgan fingerprint density at radius 3 is 1.15 bits per heavy atom. The number of ether oxygens (including phenoxy) is 2. The van der Waals surface area contributed by atoms with Crippen LogP contribution in [0.3, 0.4) is 0 Å². The summed E-state index contributed by atoms with van der Waals surface area (Å²) >= 11 is 0. The van der Waals surface area contributed by atoms with Crippen molar-refractivity contribution in [2.45, 2.75) is 49.8 Å². The highest BCUT2D eigenvalue weighted by Gasteiger charge is 2.50. The molecule has 0 radical (unpaired) electrons. The van der Waals surface area contributed by atoms with Crippen LogP contribution in [0.15, 0.2) is 60.7 Å². The first-order valence-corrected chi connectivity index (χ1v) is 8.61. The Labute approximate surface area is 152 Å². The van der Waals surface area contributed by atoms with Gasteiger partial charge in [-0.1, -0.05) is 60.7 Å². The predicted molar refractivity (Wildman–Crippen MR) is 94.1 cm³/mol. The van der Waals surface area contributed by atoms with Gasteiger partial charge in [0.2, 0.25) is 0 Å². The van der Waals surface area contributed by atoms with Crippen LogP contribution >= 0.6 is 0 Å². The number of rotatable bonds is 6. The van der Waals surface area contributed by atoms with Gasteiger partial charge in [-0.05, 0) is 11.1 Å². The van der Waals surface area contributed by atoms with E-state index < -0.39 is 36.6 Å². The van der Waals surface area contributed by atoms with Crippen LogP contribution in [0.5, 0.6) is 0 Å². The Hall–Kier alpha value is -1.80. The number of aliphatic hydroxyl groups is 4. The van der Waals surface area contributed by atoms with Gasteiger partial charge >= 0.3 is 0 Å². The fourth-order valence-electron chi connectivity index (χ4n) is 3.11. The number of benzene rings is 2. The molecule has 6 heteroatoms. The number of hydrogen-bond acceptors (Lipinski definition) is 6. The van der Waals surface area contributed by atoms with E-state index in [4.69, 9.17) is 9.47 Å². The van der Waals surface area contributed by atoms with Gasteiger partial charge in [-0.2, -0.15) is 0 Å². The fraction of sp³-hybridized carbons (Fsp3) is 0.400. The highest BCUT2D eigenvalue weighted by Crippen LogP contribution is 2.27. The molecule has 1 aliphatic carbocycles. The minimum Gasteiger partial charge on any atom is -0.387 e. The lowest BCUT2D eigenvalue weighted by Gasteiger charge is -2.43. The van der Waals surface area contributed by atoms with Crippen molar-refractivity contribution in [3.8, 4) is 0 Å². The summed E-state index contributed by atoms with van der Waals surface area (Å²) in [6.45, 7) is 0.295. The monoisotopic (exact) mass is 360 g/mol. The second-order valence-corrected chi connectivity index (χ2v) is 6.48. The summed E-state index contributed by atoms with van der Waals surface area (Å²) in [4.78, 5) is 0. The van der Waals surface area contributed by atoms with Crippen LogP contribution in [0.25, 0.3) is 0 Å². The van der Waals surface area contributed by atoms with Gasteiger partial charge in [-0.3, -0.25) is 0 Å². The van der Waals surface area contributed by atoms with Crippen LogP contribution in [0.1, 0.15) is 11.1 Å². The van der Waals surface area contributed by atoms with Crippen LogP contribution < -0.4 is 0 Å². The average Bonchev–Trinajstić information content (AvgIpc) is 2.68. The zero-order valence-electron chi connectivity index (χ0n) is 14.3.